The molecule has 0 unspecified atom stereocenters. The molecule has 5 N–H and O–H groups in total. The van der Waals surface area contributed by atoms with Gasteiger partial charge >= 0.3 is 6.03 Å². The van der Waals surface area contributed by atoms with Crippen LogP contribution in [0.3, 0.4) is 0 Å². The summed E-state index contributed by atoms with van der Waals surface area (Å²) in [5.41, 5.74) is 6.33. The van der Waals surface area contributed by atoms with Crippen LogP contribution in [0.4, 0.5) is 16.2 Å². The Morgan fingerprint density at radius 1 is 1.35 bits per heavy atom. The molecule has 1 rings (SSSR count). The highest BCUT2D eigenvalue weighted by atomic mass is 16.2. The van der Waals surface area contributed by atoms with Crippen LogP contribution in [0.2, 0.25) is 0 Å². The maximum atomic E-state index is 11.6. The number of nitrogen functional groups attached to an aromatic ring is 1. The quantitative estimate of drug-likeness (QED) is 0.231. The summed E-state index contributed by atoms with van der Waals surface area (Å²) in [7, 11) is 0. The van der Waals surface area contributed by atoms with Gasteiger partial charge in [-0.2, -0.15) is 0 Å². The van der Waals surface area contributed by atoms with Crippen molar-refractivity contribution in [3.63, 3.8) is 0 Å². The van der Waals surface area contributed by atoms with E-state index in [9.17, 15) is 9.59 Å². The minimum Gasteiger partial charge on any atom is -0.397 e. The molecule has 0 saturated carbocycles. The van der Waals surface area contributed by atoms with Crippen LogP contribution in [-0.2, 0) is 4.79 Å². The minimum atomic E-state index is -0.744. The molecule has 1 aromatic rings. The molecule has 0 bridgehead atoms. The SMILES string of the molecule is C/C=C/C(=O)NC(=O)N(N)c1ccccc1N. The number of hydrazine groups is 1. The monoisotopic (exact) mass is 234 g/mol. The van der Waals surface area contributed by atoms with Crippen molar-refractivity contribution in [1.82, 2.24) is 5.32 Å². The zero-order valence-electron chi connectivity index (χ0n) is 9.38. The van der Waals surface area contributed by atoms with E-state index >= 15 is 0 Å². The lowest BCUT2D eigenvalue weighted by molar-refractivity contribution is -0.115. The molecule has 0 aliphatic carbocycles. The number of hydrogen-bond acceptors (Lipinski definition) is 4. The first-order chi connectivity index (χ1) is 8.06. The summed E-state index contributed by atoms with van der Waals surface area (Å²) < 4.78 is 0. The Hall–Kier alpha value is -2.34. The Morgan fingerprint density at radius 2 is 2.00 bits per heavy atom. The minimum absolute atomic E-state index is 0.332. The van der Waals surface area contributed by atoms with E-state index in [0.717, 1.165) is 5.01 Å². The number of carbonyl (C=O) groups excluding carboxylic acids is 2. The Balaban J connectivity index is 2.77. The van der Waals surface area contributed by atoms with Gasteiger partial charge in [0.05, 0.1) is 11.4 Å². The first-order valence-electron chi connectivity index (χ1n) is 4.93. The molecule has 17 heavy (non-hydrogen) atoms. The third-order valence-corrected chi connectivity index (χ3v) is 1.96. The van der Waals surface area contributed by atoms with E-state index in [2.05, 4.69) is 5.32 Å². The van der Waals surface area contributed by atoms with Crippen LogP contribution in [0.15, 0.2) is 36.4 Å². The number of para-hydroxylation sites is 2. The fourth-order valence-electron chi connectivity index (χ4n) is 1.17. The summed E-state index contributed by atoms with van der Waals surface area (Å²) >= 11 is 0. The third kappa shape index (κ3) is 3.32. The Kier molecular flexibility index (Phi) is 4.24. The fraction of sp³-hybridized carbons (Fsp3) is 0.0909. The van der Waals surface area contributed by atoms with Crippen LogP contribution in [0.1, 0.15) is 6.92 Å². The van der Waals surface area contributed by atoms with Gasteiger partial charge in [0.15, 0.2) is 0 Å². The molecule has 0 aliphatic heterocycles. The summed E-state index contributed by atoms with van der Waals surface area (Å²) in [6, 6.07) is 5.85. The topological polar surface area (TPSA) is 101 Å². The van der Waals surface area contributed by atoms with Gasteiger partial charge in [-0.1, -0.05) is 18.2 Å². The standard InChI is InChI=1S/C11H14N4O2/c1-2-5-10(16)14-11(17)15(13)9-7-4-3-6-8(9)12/h2-7H,12-13H2,1H3,(H,14,16,17)/b5-2+. The molecular weight excluding hydrogens is 220 g/mol. The van der Waals surface area contributed by atoms with Gasteiger partial charge in [0.1, 0.15) is 0 Å². The Bertz CT molecular complexity index is 457. The summed E-state index contributed by atoms with van der Waals surface area (Å²) in [4.78, 5) is 22.7. The molecule has 1 aromatic carbocycles. The first kappa shape index (κ1) is 12.7. The van der Waals surface area contributed by atoms with E-state index in [1.165, 1.54) is 12.2 Å². The molecule has 6 heteroatoms. The average Bonchev–Trinajstić information content (AvgIpc) is 2.29. The number of carbonyl (C=O) groups is 2. The van der Waals surface area contributed by atoms with Crippen molar-refractivity contribution >= 4 is 23.3 Å². The third-order valence-electron chi connectivity index (χ3n) is 1.96. The van der Waals surface area contributed by atoms with E-state index < -0.39 is 11.9 Å². The molecule has 0 aromatic heterocycles. The maximum Gasteiger partial charge on any atom is 0.343 e. The van der Waals surface area contributed by atoms with Gasteiger partial charge in [-0.05, 0) is 25.1 Å². The van der Waals surface area contributed by atoms with E-state index in [0.29, 0.717) is 11.4 Å². The lowest BCUT2D eigenvalue weighted by atomic mass is 10.2. The molecule has 90 valence electrons. The van der Waals surface area contributed by atoms with Gasteiger partial charge in [-0.25, -0.2) is 15.6 Å². The smallest absolute Gasteiger partial charge is 0.343 e. The number of anilines is 2. The summed E-state index contributed by atoms with van der Waals surface area (Å²) in [5.74, 6) is 5.01. The highest BCUT2D eigenvalue weighted by Gasteiger charge is 2.15. The summed E-state index contributed by atoms with van der Waals surface area (Å²) in [5, 5.41) is 2.88. The molecule has 0 radical (unpaired) electrons. The van der Waals surface area contributed by atoms with Crippen molar-refractivity contribution in [2.45, 2.75) is 6.92 Å². The number of benzene rings is 1. The lowest BCUT2D eigenvalue weighted by Crippen LogP contribution is -2.46. The van der Waals surface area contributed by atoms with Crippen LogP contribution < -0.4 is 21.9 Å². The number of hydrogen-bond donors (Lipinski definition) is 3. The van der Waals surface area contributed by atoms with E-state index in [4.69, 9.17) is 11.6 Å². The maximum absolute atomic E-state index is 11.6. The molecule has 0 heterocycles. The molecule has 0 aliphatic rings. The van der Waals surface area contributed by atoms with Crippen molar-refractivity contribution < 1.29 is 9.59 Å². The van der Waals surface area contributed by atoms with Crippen LogP contribution in [0, 0.1) is 0 Å². The highest BCUT2D eigenvalue weighted by Crippen LogP contribution is 2.19. The van der Waals surface area contributed by atoms with Crippen molar-refractivity contribution in [2.24, 2.45) is 5.84 Å². The van der Waals surface area contributed by atoms with Crippen molar-refractivity contribution in [3.05, 3.63) is 36.4 Å². The number of nitrogens with zero attached hydrogens (tertiary/aromatic N) is 1. The van der Waals surface area contributed by atoms with Gasteiger partial charge in [-0.15, -0.1) is 0 Å². The summed E-state index contributed by atoms with van der Waals surface area (Å²) in [6.45, 7) is 1.67. The number of allylic oxidation sites excluding steroid dienone is 1. The second kappa shape index (κ2) is 5.66. The van der Waals surface area contributed by atoms with E-state index in [1.54, 1.807) is 31.2 Å². The van der Waals surface area contributed by atoms with Gasteiger partial charge in [-0.3, -0.25) is 10.1 Å². The molecule has 3 amide bonds. The van der Waals surface area contributed by atoms with Gasteiger partial charge in [0.2, 0.25) is 0 Å². The summed E-state index contributed by atoms with van der Waals surface area (Å²) in [6.07, 6.45) is 2.74. The number of nitrogens with two attached hydrogens (primary N) is 2. The number of urea groups is 1. The molecule has 6 nitrogen and oxygen atoms in total. The second-order valence-electron chi connectivity index (χ2n) is 3.22. The van der Waals surface area contributed by atoms with Crippen LogP contribution in [-0.4, -0.2) is 11.9 Å². The van der Waals surface area contributed by atoms with Crippen molar-refractivity contribution in [2.75, 3.05) is 10.7 Å². The molecule has 0 fully saturated rings. The number of amides is 3. The number of rotatable bonds is 2. The predicted octanol–water partition coefficient (Wildman–Crippen LogP) is 0.761. The Labute approximate surface area is 98.8 Å². The first-order valence-corrected chi connectivity index (χ1v) is 4.93. The number of imide groups is 1. The van der Waals surface area contributed by atoms with E-state index in [1.807, 2.05) is 0 Å². The van der Waals surface area contributed by atoms with Crippen LogP contribution in [0.5, 0.6) is 0 Å². The molecule has 0 spiro atoms. The predicted molar refractivity (Wildman–Crippen MR) is 65.9 cm³/mol. The Morgan fingerprint density at radius 3 is 2.59 bits per heavy atom. The highest BCUT2D eigenvalue weighted by molar-refractivity contribution is 6.06. The fourth-order valence-corrected chi connectivity index (χ4v) is 1.17. The average molecular weight is 234 g/mol. The van der Waals surface area contributed by atoms with Crippen molar-refractivity contribution in [3.8, 4) is 0 Å². The van der Waals surface area contributed by atoms with Crippen LogP contribution >= 0.6 is 0 Å². The van der Waals surface area contributed by atoms with Crippen LogP contribution in [0.25, 0.3) is 0 Å². The largest absolute Gasteiger partial charge is 0.397 e. The van der Waals surface area contributed by atoms with Gasteiger partial charge in [0, 0.05) is 0 Å². The van der Waals surface area contributed by atoms with Crippen molar-refractivity contribution in [1.29, 1.82) is 0 Å². The lowest BCUT2D eigenvalue weighted by Gasteiger charge is -2.17. The molecular formula is C11H14N4O2. The van der Waals surface area contributed by atoms with E-state index in [-0.39, 0.29) is 0 Å². The molecule has 0 atom stereocenters. The van der Waals surface area contributed by atoms with Gasteiger partial charge in [0.25, 0.3) is 5.91 Å². The zero-order chi connectivity index (χ0) is 12.8. The van der Waals surface area contributed by atoms with Gasteiger partial charge < -0.3 is 5.73 Å². The second-order valence-corrected chi connectivity index (χ2v) is 3.22. The normalized spacial score (nSPS) is 10.2. The molecule has 0 saturated heterocycles. The number of nitrogens with one attached hydrogen (secondary N) is 1. The zero-order valence-corrected chi connectivity index (χ0v) is 9.38.